The van der Waals surface area contributed by atoms with E-state index in [0.717, 1.165) is 0 Å². The van der Waals surface area contributed by atoms with Crippen molar-refractivity contribution in [3.63, 3.8) is 0 Å². The highest BCUT2D eigenvalue weighted by molar-refractivity contribution is 7.95. The Hall–Kier alpha value is 0.580. The number of hydrogen-bond acceptors (Lipinski definition) is 5. The Labute approximate surface area is 63.8 Å². The van der Waals surface area contributed by atoms with Crippen molar-refractivity contribution in [3.05, 3.63) is 0 Å². The van der Waals surface area contributed by atoms with Crippen LogP contribution >= 0.6 is 24.1 Å². The molecule has 0 aliphatic rings. The number of hydrogen-bond donors (Lipinski definition) is 0. The Morgan fingerprint density at radius 3 is 1.78 bits per heavy atom. The summed E-state index contributed by atoms with van der Waals surface area (Å²) in [7, 11) is 3.22. The highest BCUT2D eigenvalue weighted by Gasteiger charge is 1.86. The minimum atomic E-state index is 0.548. The van der Waals surface area contributed by atoms with Crippen molar-refractivity contribution in [2.75, 3.05) is 26.1 Å². The van der Waals surface area contributed by atoms with Gasteiger partial charge in [-0.3, -0.25) is 0 Å². The molecule has 0 aliphatic carbocycles. The Balaban J connectivity index is 2.60. The molecule has 0 aromatic carbocycles. The summed E-state index contributed by atoms with van der Waals surface area (Å²) in [5, 5.41) is 0. The minimum Gasteiger partial charge on any atom is -0.356 e. The quantitative estimate of drug-likeness (QED) is 0.342. The molecule has 0 aromatic heterocycles. The molecule has 0 saturated heterocycles. The molecule has 0 spiro atoms. The third-order valence-corrected chi connectivity index (χ3v) is 1.50. The van der Waals surface area contributed by atoms with Crippen LogP contribution in [0.4, 0.5) is 0 Å². The zero-order valence-electron chi connectivity index (χ0n) is 5.46. The van der Waals surface area contributed by atoms with Gasteiger partial charge in [-0.15, -0.1) is 0 Å². The van der Waals surface area contributed by atoms with Crippen molar-refractivity contribution in [1.29, 1.82) is 0 Å². The lowest BCUT2D eigenvalue weighted by atomic mass is 11.5. The molecule has 0 heterocycles. The van der Waals surface area contributed by atoms with Gasteiger partial charge in [0.05, 0.1) is 14.2 Å². The van der Waals surface area contributed by atoms with Gasteiger partial charge in [-0.05, 0) is 0 Å². The first-order valence-electron chi connectivity index (χ1n) is 2.30. The highest BCUT2D eigenvalue weighted by Crippen LogP contribution is 2.04. The lowest BCUT2D eigenvalue weighted by molar-refractivity contribution is 0.228. The zero-order valence-corrected chi connectivity index (χ0v) is 7.09. The molecule has 5 heteroatoms. The minimum absolute atomic E-state index is 0.548. The molecule has 0 unspecified atom stereocenters. The van der Waals surface area contributed by atoms with Gasteiger partial charge in [-0.2, -0.15) is 0 Å². The van der Waals surface area contributed by atoms with E-state index in [1.807, 2.05) is 0 Å². The van der Waals surface area contributed by atoms with Gasteiger partial charge >= 0.3 is 0 Å². The van der Waals surface area contributed by atoms with E-state index in [9.17, 15) is 0 Å². The summed E-state index contributed by atoms with van der Waals surface area (Å²) in [6, 6.07) is 0. The van der Waals surface area contributed by atoms with Crippen molar-refractivity contribution in [2.45, 2.75) is 0 Å². The lowest BCUT2D eigenvalue weighted by Crippen LogP contribution is -1.89. The van der Waals surface area contributed by atoms with Crippen LogP contribution in [0.5, 0.6) is 0 Å². The third kappa shape index (κ3) is 8.58. The largest absolute Gasteiger partial charge is 0.356 e. The molecule has 3 nitrogen and oxygen atoms in total. The fourth-order valence-electron chi connectivity index (χ4n) is 0.198. The van der Waals surface area contributed by atoms with E-state index in [1.54, 1.807) is 14.2 Å². The maximum Gasteiger partial charge on any atom is 0.119 e. The average Bonchev–Trinajstić information content (AvgIpc) is 1.89. The number of ether oxygens (including phenoxy) is 1. The molecule has 0 fully saturated rings. The van der Waals surface area contributed by atoms with Gasteiger partial charge in [-0.25, -0.2) is 0 Å². The third-order valence-electron chi connectivity index (χ3n) is 0.499. The molecular weight excluding hydrogens is 160 g/mol. The topological polar surface area (TPSA) is 27.7 Å². The fourth-order valence-corrected chi connectivity index (χ4v) is 0.799. The summed E-state index contributed by atoms with van der Waals surface area (Å²) in [5.41, 5.74) is 0. The van der Waals surface area contributed by atoms with E-state index in [-0.39, 0.29) is 0 Å². The van der Waals surface area contributed by atoms with E-state index in [1.165, 1.54) is 24.1 Å². The van der Waals surface area contributed by atoms with Crippen molar-refractivity contribution in [3.8, 4) is 0 Å². The molecule has 0 rings (SSSR count). The molecule has 9 heavy (non-hydrogen) atoms. The van der Waals surface area contributed by atoms with Crippen LogP contribution in [0.15, 0.2) is 0 Å². The molecule has 0 atom stereocenters. The second-order valence-corrected chi connectivity index (χ2v) is 2.62. The second kappa shape index (κ2) is 8.58. The Morgan fingerprint density at radius 1 is 1.00 bits per heavy atom. The monoisotopic (exact) mass is 170 g/mol. The molecule has 0 amide bonds. The van der Waals surface area contributed by atoms with Crippen LogP contribution < -0.4 is 0 Å². The first-order valence-corrected chi connectivity index (χ1v) is 4.13. The molecular formula is C4H10O3S2. The molecule has 0 saturated carbocycles. The predicted molar refractivity (Wildman–Crippen MR) is 40.0 cm³/mol. The summed E-state index contributed by atoms with van der Waals surface area (Å²) in [4.78, 5) is 0. The maximum absolute atomic E-state index is 4.99. The van der Waals surface area contributed by atoms with Crippen LogP contribution in [-0.4, -0.2) is 26.1 Å². The lowest BCUT2D eigenvalue weighted by Gasteiger charge is -1.98. The predicted octanol–water partition coefficient (Wildman–Crippen LogP) is 1.51. The van der Waals surface area contributed by atoms with Crippen LogP contribution in [0.3, 0.4) is 0 Å². The normalized spacial score (nSPS) is 10.0. The van der Waals surface area contributed by atoms with E-state index in [2.05, 4.69) is 8.37 Å². The van der Waals surface area contributed by atoms with Crippen molar-refractivity contribution >= 4 is 24.1 Å². The Kier molecular flexibility index (Phi) is 9.13. The molecule has 56 valence electrons. The number of rotatable bonds is 6. The summed E-state index contributed by atoms with van der Waals surface area (Å²) >= 11 is 2.53. The van der Waals surface area contributed by atoms with E-state index in [4.69, 9.17) is 4.74 Å². The molecule has 0 aliphatic heterocycles. The Morgan fingerprint density at radius 2 is 1.44 bits per heavy atom. The summed E-state index contributed by atoms with van der Waals surface area (Å²) in [5.74, 6) is 1.10. The van der Waals surface area contributed by atoms with E-state index < -0.39 is 0 Å². The van der Waals surface area contributed by atoms with Gasteiger partial charge in [0.2, 0.25) is 0 Å². The van der Waals surface area contributed by atoms with Crippen LogP contribution in [0.2, 0.25) is 0 Å². The average molecular weight is 170 g/mol. The first-order chi connectivity index (χ1) is 4.41. The van der Waals surface area contributed by atoms with Crippen molar-refractivity contribution in [1.82, 2.24) is 0 Å². The molecule has 0 bridgehead atoms. The van der Waals surface area contributed by atoms with Crippen molar-refractivity contribution < 1.29 is 13.1 Å². The Bertz CT molecular complexity index is 47.1. The molecule has 0 aromatic rings. The smallest absolute Gasteiger partial charge is 0.119 e. The van der Waals surface area contributed by atoms with Crippen LogP contribution in [0.1, 0.15) is 0 Å². The zero-order chi connectivity index (χ0) is 6.95. The fraction of sp³-hybridized carbons (Fsp3) is 1.00. The summed E-state index contributed by atoms with van der Waals surface area (Å²) < 4.78 is 14.3. The van der Waals surface area contributed by atoms with Crippen LogP contribution in [-0.2, 0) is 13.1 Å². The van der Waals surface area contributed by atoms with Gasteiger partial charge in [0.15, 0.2) is 0 Å². The second-order valence-electron chi connectivity index (χ2n) is 1.01. The van der Waals surface area contributed by atoms with Gasteiger partial charge in [0, 0.05) is 24.1 Å². The molecule has 0 N–H and O–H groups in total. The molecule has 0 radical (unpaired) electrons. The van der Waals surface area contributed by atoms with Gasteiger partial charge < -0.3 is 13.1 Å². The van der Waals surface area contributed by atoms with Gasteiger partial charge in [0.25, 0.3) is 0 Å². The summed E-state index contributed by atoms with van der Waals surface area (Å²) in [6.45, 7) is 0. The van der Waals surface area contributed by atoms with Crippen molar-refractivity contribution in [2.24, 2.45) is 0 Å². The summed E-state index contributed by atoms with van der Waals surface area (Å²) in [6.07, 6.45) is 0. The van der Waals surface area contributed by atoms with Crippen LogP contribution in [0.25, 0.3) is 0 Å². The van der Waals surface area contributed by atoms with Crippen LogP contribution in [0, 0.1) is 0 Å². The van der Waals surface area contributed by atoms with Gasteiger partial charge in [-0.1, -0.05) is 0 Å². The maximum atomic E-state index is 4.99. The standard InChI is InChI=1S/C4H10O3S2/c1-5-8-3-7-4-9-6-2/h3-4H2,1-2H3. The highest BCUT2D eigenvalue weighted by atomic mass is 32.2. The van der Waals surface area contributed by atoms with E-state index in [0.29, 0.717) is 11.9 Å². The first kappa shape index (κ1) is 9.58. The van der Waals surface area contributed by atoms with E-state index >= 15 is 0 Å². The SMILES string of the molecule is COSCOCSOC. The van der Waals surface area contributed by atoms with Gasteiger partial charge in [0.1, 0.15) is 11.9 Å².